The molecule has 1 aromatic carbocycles. The summed E-state index contributed by atoms with van der Waals surface area (Å²) in [5, 5.41) is 0. The average molecular weight is 337 g/mol. The number of ether oxygens (including phenoxy) is 1. The van der Waals surface area contributed by atoms with E-state index in [-0.39, 0.29) is 6.10 Å². The molecule has 1 aliphatic rings. The third-order valence-corrected chi connectivity index (χ3v) is 3.91. The van der Waals surface area contributed by atoms with E-state index in [9.17, 15) is 13.2 Å². The van der Waals surface area contributed by atoms with Gasteiger partial charge < -0.3 is 4.74 Å². The fraction of sp³-hybridized carbons (Fsp3) is 0.412. The first-order chi connectivity index (χ1) is 11.4. The molecule has 1 atom stereocenters. The maximum atomic E-state index is 12.8. The normalized spacial score (nSPS) is 19.4. The number of rotatable bonds is 3. The predicted molar refractivity (Wildman–Crippen MR) is 82.2 cm³/mol. The molecule has 24 heavy (non-hydrogen) atoms. The highest BCUT2D eigenvalue weighted by Crippen LogP contribution is 2.30. The fourth-order valence-corrected chi connectivity index (χ4v) is 2.73. The van der Waals surface area contributed by atoms with Gasteiger partial charge in [0.15, 0.2) is 5.82 Å². The lowest BCUT2D eigenvalue weighted by atomic mass is 10.1. The number of hydrogen-bond donors (Lipinski definition) is 0. The van der Waals surface area contributed by atoms with Crippen LogP contribution in [0.4, 0.5) is 13.2 Å². The van der Waals surface area contributed by atoms with Gasteiger partial charge in [-0.25, -0.2) is 9.97 Å². The fourth-order valence-electron chi connectivity index (χ4n) is 2.73. The Kier molecular flexibility index (Phi) is 4.82. The van der Waals surface area contributed by atoms with Crippen molar-refractivity contribution in [2.24, 2.45) is 0 Å². The predicted octanol–water partition coefficient (Wildman–Crippen LogP) is 3.38. The number of alkyl halides is 3. The second-order valence-electron chi connectivity index (χ2n) is 5.85. The van der Waals surface area contributed by atoms with E-state index in [2.05, 4.69) is 14.9 Å². The minimum absolute atomic E-state index is 0.260. The summed E-state index contributed by atoms with van der Waals surface area (Å²) in [6, 6.07) is 7.26. The van der Waals surface area contributed by atoms with Crippen LogP contribution in [0, 0.1) is 6.92 Å². The third kappa shape index (κ3) is 4.10. The SMILES string of the molecule is Cc1ccnc([C@@H]2CN(Cc3cccc(C(F)(F)F)c3)CCO2)n1. The van der Waals surface area contributed by atoms with Gasteiger partial charge in [0.1, 0.15) is 6.10 Å². The molecule has 128 valence electrons. The van der Waals surface area contributed by atoms with Crippen molar-refractivity contribution in [3.05, 3.63) is 59.2 Å². The Labute approximate surface area is 138 Å². The maximum absolute atomic E-state index is 12.8. The van der Waals surface area contributed by atoms with Crippen LogP contribution in [-0.4, -0.2) is 34.6 Å². The van der Waals surface area contributed by atoms with Gasteiger partial charge in [-0.2, -0.15) is 13.2 Å². The van der Waals surface area contributed by atoms with Gasteiger partial charge in [-0.05, 0) is 24.6 Å². The van der Waals surface area contributed by atoms with Gasteiger partial charge in [0.2, 0.25) is 0 Å². The summed E-state index contributed by atoms with van der Waals surface area (Å²) >= 11 is 0. The number of hydrogen-bond acceptors (Lipinski definition) is 4. The van der Waals surface area contributed by atoms with E-state index < -0.39 is 11.7 Å². The lowest BCUT2D eigenvalue weighted by molar-refractivity contribution is -0.137. The third-order valence-electron chi connectivity index (χ3n) is 3.91. The molecule has 0 bridgehead atoms. The molecule has 2 aromatic rings. The summed E-state index contributed by atoms with van der Waals surface area (Å²) in [4.78, 5) is 10.7. The van der Waals surface area contributed by atoms with Crippen LogP contribution >= 0.6 is 0 Å². The Balaban J connectivity index is 1.70. The minimum atomic E-state index is -4.32. The van der Waals surface area contributed by atoms with Crippen LogP contribution < -0.4 is 0 Å². The van der Waals surface area contributed by atoms with Crippen LogP contribution in [-0.2, 0) is 17.5 Å². The second kappa shape index (κ2) is 6.86. The van der Waals surface area contributed by atoms with Gasteiger partial charge in [0.25, 0.3) is 0 Å². The lowest BCUT2D eigenvalue weighted by Gasteiger charge is -2.32. The van der Waals surface area contributed by atoms with Gasteiger partial charge in [0, 0.05) is 31.5 Å². The van der Waals surface area contributed by atoms with Gasteiger partial charge in [0.05, 0.1) is 12.2 Å². The van der Waals surface area contributed by atoms with Crippen molar-refractivity contribution in [1.82, 2.24) is 14.9 Å². The summed E-state index contributed by atoms with van der Waals surface area (Å²) in [6.07, 6.45) is -2.89. The monoisotopic (exact) mass is 337 g/mol. The Morgan fingerprint density at radius 3 is 2.88 bits per heavy atom. The molecule has 1 saturated heterocycles. The summed E-state index contributed by atoms with van der Waals surface area (Å²) in [5.74, 6) is 0.615. The standard InChI is InChI=1S/C17H18F3N3O/c1-12-5-6-21-16(22-12)15-11-23(7-8-24-15)10-13-3-2-4-14(9-13)17(18,19)20/h2-6,9,15H,7-8,10-11H2,1H3/t15-/m0/s1. The molecule has 1 aliphatic heterocycles. The van der Waals surface area contributed by atoms with Crippen LogP contribution in [0.3, 0.4) is 0 Å². The van der Waals surface area contributed by atoms with E-state index in [0.29, 0.717) is 37.6 Å². The quantitative estimate of drug-likeness (QED) is 0.861. The molecule has 4 nitrogen and oxygen atoms in total. The molecule has 0 amide bonds. The van der Waals surface area contributed by atoms with Gasteiger partial charge in [-0.3, -0.25) is 4.90 Å². The highest BCUT2D eigenvalue weighted by atomic mass is 19.4. The van der Waals surface area contributed by atoms with Gasteiger partial charge in [-0.15, -0.1) is 0 Å². The van der Waals surface area contributed by atoms with Crippen LogP contribution in [0.2, 0.25) is 0 Å². The van der Waals surface area contributed by atoms with Crippen molar-refractivity contribution in [3.8, 4) is 0 Å². The first kappa shape index (κ1) is 16.9. The van der Waals surface area contributed by atoms with E-state index in [1.165, 1.54) is 12.1 Å². The Morgan fingerprint density at radius 2 is 2.12 bits per heavy atom. The topological polar surface area (TPSA) is 38.2 Å². The summed E-state index contributed by atoms with van der Waals surface area (Å²) in [6.45, 7) is 4.04. The summed E-state index contributed by atoms with van der Waals surface area (Å²) in [7, 11) is 0. The van der Waals surface area contributed by atoms with Crippen molar-refractivity contribution in [2.75, 3.05) is 19.7 Å². The minimum Gasteiger partial charge on any atom is -0.368 e. The van der Waals surface area contributed by atoms with E-state index in [1.807, 2.05) is 13.0 Å². The maximum Gasteiger partial charge on any atom is 0.416 e. The zero-order valence-corrected chi connectivity index (χ0v) is 13.3. The van der Waals surface area contributed by atoms with Crippen molar-refractivity contribution in [1.29, 1.82) is 0 Å². The van der Waals surface area contributed by atoms with E-state index in [0.717, 1.165) is 11.8 Å². The molecule has 1 aromatic heterocycles. The lowest BCUT2D eigenvalue weighted by Crippen LogP contribution is -2.38. The molecule has 0 radical (unpaired) electrons. The van der Waals surface area contributed by atoms with Crippen molar-refractivity contribution < 1.29 is 17.9 Å². The summed E-state index contributed by atoms with van der Waals surface area (Å²) < 4.78 is 44.2. The molecule has 0 unspecified atom stereocenters. The first-order valence-electron chi connectivity index (χ1n) is 7.71. The number of morpholine rings is 1. The Bertz CT molecular complexity index is 705. The first-order valence-corrected chi connectivity index (χ1v) is 7.71. The van der Waals surface area contributed by atoms with Crippen molar-refractivity contribution in [2.45, 2.75) is 25.7 Å². The molecule has 0 spiro atoms. The molecule has 3 rings (SSSR count). The molecular weight excluding hydrogens is 319 g/mol. The van der Waals surface area contributed by atoms with E-state index in [4.69, 9.17) is 4.74 Å². The molecule has 7 heteroatoms. The molecule has 0 saturated carbocycles. The number of halogens is 3. The smallest absolute Gasteiger partial charge is 0.368 e. The Morgan fingerprint density at radius 1 is 1.29 bits per heavy atom. The second-order valence-corrected chi connectivity index (χ2v) is 5.85. The van der Waals surface area contributed by atoms with Gasteiger partial charge >= 0.3 is 6.18 Å². The molecular formula is C17H18F3N3O. The van der Waals surface area contributed by atoms with E-state index >= 15 is 0 Å². The van der Waals surface area contributed by atoms with Crippen LogP contribution in [0.1, 0.15) is 28.7 Å². The zero-order chi connectivity index (χ0) is 17.2. The zero-order valence-electron chi connectivity index (χ0n) is 13.3. The van der Waals surface area contributed by atoms with E-state index in [1.54, 1.807) is 12.3 Å². The van der Waals surface area contributed by atoms with Crippen molar-refractivity contribution >= 4 is 0 Å². The number of nitrogens with zero attached hydrogens (tertiary/aromatic N) is 3. The highest BCUT2D eigenvalue weighted by Gasteiger charge is 2.31. The number of aryl methyl sites for hydroxylation is 1. The largest absolute Gasteiger partial charge is 0.416 e. The average Bonchev–Trinajstić information content (AvgIpc) is 2.55. The molecule has 1 fully saturated rings. The van der Waals surface area contributed by atoms with Crippen LogP contribution in [0.15, 0.2) is 36.5 Å². The van der Waals surface area contributed by atoms with Gasteiger partial charge in [-0.1, -0.05) is 18.2 Å². The number of aromatic nitrogens is 2. The van der Waals surface area contributed by atoms with Crippen LogP contribution in [0.25, 0.3) is 0 Å². The number of benzene rings is 1. The molecule has 2 heterocycles. The molecule has 0 aliphatic carbocycles. The van der Waals surface area contributed by atoms with Crippen LogP contribution in [0.5, 0.6) is 0 Å². The summed E-state index contributed by atoms with van der Waals surface area (Å²) in [5.41, 5.74) is 0.876. The Hall–Kier alpha value is -1.99. The van der Waals surface area contributed by atoms with Crippen molar-refractivity contribution in [3.63, 3.8) is 0 Å². The molecule has 0 N–H and O–H groups in total. The highest BCUT2D eigenvalue weighted by molar-refractivity contribution is 5.25.